The van der Waals surface area contributed by atoms with Gasteiger partial charge in [0, 0.05) is 18.9 Å². The Kier molecular flexibility index (Phi) is 5.00. The van der Waals surface area contributed by atoms with Crippen LogP contribution in [0.4, 0.5) is 4.39 Å². The zero-order valence-electron chi connectivity index (χ0n) is 15.7. The van der Waals surface area contributed by atoms with Crippen LogP contribution in [0.25, 0.3) is 0 Å². The second-order valence-electron chi connectivity index (χ2n) is 7.69. The van der Waals surface area contributed by atoms with Crippen LogP contribution < -0.4 is 5.32 Å². The molecule has 0 spiro atoms. The molecule has 4 rings (SSSR count). The Bertz CT molecular complexity index is 821. The molecule has 27 heavy (non-hydrogen) atoms. The summed E-state index contributed by atoms with van der Waals surface area (Å²) in [5, 5.41) is 7.69. The largest absolute Gasteiger partial charge is 0.381 e. The molecule has 1 aromatic heterocycles. The zero-order valence-corrected chi connectivity index (χ0v) is 15.7. The molecule has 0 unspecified atom stereocenters. The summed E-state index contributed by atoms with van der Waals surface area (Å²) in [6.07, 6.45) is 7.59. The predicted octanol–water partition coefficient (Wildman–Crippen LogP) is 3.88. The van der Waals surface area contributed by atoms with Crippen LogP contribution in [0.1, 0.15) is 66.2 Å². The monoisotopic (exact) mass is 371 g/mol. The highest BCUT2D eigenvalue weighted by Crippen LogP contribution is 2.34. The molecule has 1 aliphatic carbocycles. The molecular weight excluding hydrogens is 345 g/mol. The van der Waals surface area contributed by atoms with Crippen molar-refractivity contribution < 1.29 is 13.9 Å². The van der Waals surface area contributed by atoms with Crippen LogP contribution in [0.5, 0.6) is 0 Å². The molecule has 1 amide bonds. The van der Waals surface area contributed by atoms with Crippen LogP contribution in [0.15, 0.2) is 30.5 Å². The third kappa shape index (κ3) is 3.50. The van der Waals surface area contributed by atoms with Crippen LogP contribution in [-0.4, -0.2) is 28.9 Å². The van der Waals surface area contributed by atoms with Gasteiger partial charge in [0.15, 0.2) is 0 Å². The normalized spacial score (nSPS) is 19.9. The van der Waals surface area contributed by atoms with Crippen molar-refractivity contribution in [2.24, 2.45) is 0 Å². The summed E-state index contributed by atoms with van der Waals surface area (Å²) >= 11 is 0. The summed E-state index contributed by atoms with van der Waals surface area (Å²) in [5.74, 6) is -0.444. The van der Waals surface area contributed by atoms with E-state index in [1.807, 2.05) is 17.7 Å². The van der Waals surface area contributed by atoms with E-state index in [4.69, 9.17) is 4.74 Å². The van der Waals surface area contributed by atoms with Gasteiger partial charge in [-0.25, -0.2) is 4.39 Å². The van der Waals surface area contributed by atoms with Crippen molar-refractivity contribution in [1.29, 1.82) is 0 Å². The molecule has 0 radical (unpaired) electrons. The number of hydrogen-bond donors (Lipinski definition) is 1. The summed E-state index contributed by atoms with van der Waals surface area (Å²) in [4.78, 5) is 13.1. The highest BCUT2D eigenvalue weighted by Gasteiger charge is 2.37. The average molecular weight is 371 g/mol. The molecular formula is C21H26FN3O2. The van der Waals surface area contributed by atoms with Gasteiger partial charge in [-0.15, -0.1) is 0 Å². The van der Waals surface area contributed by atoms with E-state index in [9.17, 15) is 9.18 Å². The lowest BCUT2D eigenvalue weighted by Gasteiger charge is -2.38. The van der Waals surface area contributed by atoms with Crippen LogP contribution in [0.2, 0.25) is 0 Å². The highest BCUT2D eigenvalue weighted by molar-refractivity contribution is 5.95. The maximum atomic E-state index is 13.8. The van der Waals surface area contributed by atoms with Crippen LogP contribution in [0, 0.1) is 12.7 Å². The molecule has 2 heterocycles. The lowest BCUT2D eigenvalue weighted by Crippen LogP contribution is -2.49. The van der Waals surface area contributed by atoms with Gasteiger partial charge in [0.1, 0.15) is 5.82 Å². The fourth-order valence-electron chi connectivity index (χ4n) is 4.44. The third-order valence-corrected chi connectivity index (χ3v) is 6.04. The molecule has 1 N–H and O–H groups in total. The van der Waals surface area contributed by atoms with Gasteiger partial charge < -0.3 is 10.1 Å². The average Bonchev–Trinajstić information content (AvgIpc) is 3.32. The first-order chi connectivity index (χ1) is 13.1. The Morgan fingerprint density at radius 1 is 1.30 bits per heavy atom. The number of nitrogens with one attached hydrogen (secondary N) is 1. The fraction of sp³-hybridized carbons (Fsp3) is 0.524. The van der Waals surface area contributed by atoms with Gasteiger partial charge >= 0.3 is 0 Å². The van der Waals surface area contributed by atoms with Crippen LogP contribution in [-0.2, 0) is 10.3 Å². The molecule has 2 aliphatic rings. The molecule has 144 valence electrons. The molecule has 1 saturated carbocycles. The molecule has 5 nitrogen and oxygen atoms in total. The number of benzene rings is 1. The molecule has 2 fully saturated rings. The van der Waals surface area contributed by atoms with Gasteiger partial charge in [0.2, 0.25) is 0 Å². The van der Waals surface area contributed by atoms with Gasteiger partial charge in [-0.2, -0.15) is 5.10 Å². The van der Waals surface area contributed by atoms with Gasteiger partial charge in [0.05, 0.1) is 23.3 Å². The number of aromatic nitrogens is 2. The number of rotatable bonds is 4. The van der Waals surface area contributed by atoms with Gasteiger partial charge in [-0.3, -0.25) is 9.48 Å². The number of halogens is 1. The predicted molar refractivity (Wildman–Crippen MR) is 100 cm³/mol. The van der Waals surface area contributed by atoms with Crippen molar-refractivity contribution in [3.63, 3.8) is 0 Å². The van der Waals surface area contributed by atoms with Crippen molar-refractivity contribution in [2.75, 3.05) is 13.2 Å². The Morgan fingerprint density at radius 2 is 2.04 bits per heavy atom. The van der Waals surface area contributed by atoms with Gasteiger partial charge in [-0.1, -0.05) is 25.0 Å². The van der Waals surface area contributed by atoms with Crippen molar-refractivity contribution >= 4 is 5.91 Å². The molecule has 2 aromatic rings. The quantitative estimate of drug-likeness (QED) is 0.887. The smallest absolute Gasteiger partial charge is 0.255 e. The molecule has 0 bridgehead atoms. The zero-order chi connectivity index (χ0) is 18.9. The molecule has 1 aromatic carbocycles. The number of carbonyl (C=O) groups excluding carboxylic acids is 1. The van der Waals surface area contributed by atoms with E-state index in [1.54, 1.807) is 12.3 Å². The molecule has 1 saturated heterocycles. The van der Waals surface area contributed by atoms with E-state index in [2.05, 4.69) is 10.4 Å². The first-order valence-corrected chi connectivity index (χ1v) is 9.79. The SMILES string of the molecule is Cc1c(C(=O)NC2(c3cccc(F)c3)CCOCC2)cnn1C1CCCC1. The number of nitrogens with zero attached hydrogens (tertiary/aromatic N) is 2. The maximum Gasteiger partial charge on any atom is 0.255 e. The summed E-state index contributed by atoms with van der Waals surface area (Å²) in [6, 6.07) is 6.90. The maximum absolute atomic E-state index is 13.8. The lowest BCUT2D eigenvalue weighted by molar-refractivity contribution is 0.0344. The number of amides is 1. The van der Waals surface area contributed by atoms with E-state index in [0.29, 0.717) is 37.7 Å². The first-order valence-electron chi connectivity index (χ1n) is 9.79. The van der Waals surface area contributed by atoms with Crippen molar-refractivity contribution in [2.45, 2.75) is 57.0 Å². The standard InChI is InChI=1S/C21H26FN3O2/c1-15-19(14-23-25(15)18-7-2-3-8-18)20(26)24-21(9-11-27-12-10-21)16-5-4-6-17(22)13-16/h4-6,13-14,18H,2-3,7-12H2,1H3,(H,24,26). The van der Waals surface area contributed by atoms with Gasteiger partial charge in [0.25, 0.3) is 5.91 Å². The number of hydrogen-bond acceptors (Lipinski definition) is 3. The van der Waals surface area contributed by atoms with E-state index >= 15 is 0 Å². The number of carbonyl (C=O) groups is 1. The number of ether oxygens (including phenoxy) is 1. The highest BCUT2D eigenvalue weighted by atomic mass is 19.1. The van der Waals surface area contributed by atoms with Crippen molar-refractivity contribution in [3.8, 4) is 0 Å². The summed E-state index contributed by atoms with van der Waals surface area (Å²) in [7, 11) is 0. The van der Waals surface area contributed by atoms with E-state index in [1.165, 1.54) is 25.0 Å². The minimum atomic E-state index is -0.612. The second kappa shape index (κ2) is 7.43. The minimum Gasteiger partial charge on any atom is -0.381 e. The van der Waals surface area contributed by atoms with Crippen molar-refractivity contribution in [3.05, 3.63) is 53.1 Å². The Balaban J connectivity index is 1.61. The van der Waals surface area contributed by atoms with Gasteiger partial charge in [-0.05, 0) is 50.3 Å². The van der Waals surface area contributed by atoms with Crippen molar-refractivity contribution in [1.82, 2.24) is 15.1 Å². The van der Waals surface area contributed by atoms with E-state index < -0.39 is 5.54 Å². The van der Waals surface area contributed by atoms with Crippen LogP contribution in [0.3, 0.4) is 0 Å². The molecule has 1 aliphatic heterocycles. The third-order valence-electron chi connectivity index (χ3n) is 6.04. The Hall–Kier alpha value is -2.21. The van der Waals surface area contributed by atoms with E-state index in [0.717, 1.165) is 24.1 Å². The topological polar surface area (TPSA) is 56.1 Å². The lowest BCUT2D eigenvalue weighted by atomic mass is 9.82. The Labute approximate surface area is 158 Å². The van der Waals surface area contributed by atoms with E-state index in [-0.39, 0.29) is 11.7 Å². The summed E-state index contributed by atoms with van der Waals surface area (Å²) in [6.45, 7) is 3.04. The summed E-state index contributed by atoms with van der Waals surface area (Å²) in [5.41, 5.74) is 1.68. The minimum absolute atomic E-state index is 0.150. The molecule has 0 atom stereocenters. The summed E-state index contributed by atoms with van der Waals surface area (Å²) < 4.78 is 21.3. The Morgan fingerprint density at radius 3 is 2.74 bits per heavy atom. The first kappa shape index (κ1) is 18.2. The fourth-order valence-corrected chi connectivity index (χ4v) is 4.44. The molecule has 6 heteroatoms. The van der Waals surface area contributed by atoms with Crippen LogP contribution >= 0.6 is 0 Å². The second-order valence-corrected chi connectivity index (χ2v) is 7.69.